The van der Waals surface area contributed by atoms with Crippen molar-refractivity contribution in [3.8, 4) is 0 Å². The van der Waals surface area contributed by atoms with E-state index in [9.17, 15) is 18.0 Å². The topological polar surface area (TPSA) is 127 Å². The first-order valence-electron chi connectivity index (χ1n) is 12.6. The third-order valence-corrected chi connectivity index (χ3v) is 10.6. The Morgan fingerprint density at radius 2 is 1.85 bits per heavy atom. The lowest BCUT2D eigenvalue weighted by Gasteiger charge is -2.39. The number of aromatic nitrogens is 1. The molecule has 0 radical (unpaired) electrons. The number of amidine groups is 1. The Hall–Kier alpha value is -3.06. The molecule has 0 saturated carbocycles. The van der Waals surface area contributed by atoms with Crippen molar-refractivity contribution >= 4 is 61.4 Å². The number of halogens is 1. The number of likely N-dealkylation sites (N-methyl/N-ethyl adjacent to an activating group) is 1. The first-order chi connectivity index (χ1) is 18.6. The van der Waals surface area contributed by atoms with Gasteiger partial charge in [0.05, 0.1) is 10.7 Å². The van der Waals surface area contributed by atoms with Gasteiger partial charge in [-0.15, -0.1) is 11.3 Å². The molecule has 2 aliphatic rings. The lowest BCUT2D eigenvalue weighted by Crippen LogP contribution is -2.61. The Morgan fingerprint density at radius 1 is 1.10 bits per heavy atom. The molecule has 39 heavy (non-hydrogen) atoms. The second-order valence-electron chi connectivity index (χ2n) is 9.73. The van der Waals surface area contributed by atoms with Gasteiger partial charge in [-0.3, -0.25) is 15.0 Å². The van der Waals surface area contributed by atoms with E-state index in [1.165, 1.54) is 33.7 Å². The molecule has 0 spiro atoms. The molecule has 0 bridgehead atoms. The minimum absolute atomic E-state index is 0.0502. The standard InChI is InChI=1S/C26H29ClN6O4S2/c1-16(28)31-8-7-19(14-31)23-13-30-25(38-23)26(35)33-10-9-32(15-22(33)24(34)29-2)39(36,37)21-6-4-17-11-20(27)5-3-18(17)12-21/h3-6,11-13,19,22,28H,7-10,14-15H2,1-2H3,(H,29,34). The summed E-state index contributed by atoms with van der Waals surface area (Å²) in [5.41, 5.74) is 0. The molecular formula is C26H29ClN6O4S2. The van der Waals surface area contributed by atoms with Gasteiger partial charge in [0, 0.05) is 61.8 Å². The van der Waals surface area contributed by atoms with Gasteiger partial charge in [0.15, 0.2) is 5.01 Å². The van der Waals surface area contributed by atoms with E-state index in [0.717, 1.165) is 28.6 Å². The zero-order chi connectivity index (χ0) is 27.9. The molecule has 2 fully saturated rings. The van der Waals surface area contributed by atoms with Crippen molar-refractivity contribution in [3.05, 3.63) is 57.5 Å². The number of nitrogens with zero attached hydrogens (tertiary/aromatic N) is 4. The molecule has 10 nitrogen and oxygen atoms in total. The minimum Gasteiger partial charge on any atom is -0.360 e. The normalized spacial score (nSPS) is 20.4. The van der Waals surface area contributed by atoms with Crippen LogP contribution in [0.5, 0.6) is 0 Å². The molecule has 0 aliphatic carbocycles. The highest BCUT2D eigenvalue weighted by Gasteiger charge is 2.41. The molecule has 2 aliphatic heterocycles. The summed E-state index contributed by atoms with van der Waals surface area (Å²) in [5, 5.41) is 12.8. The first kappa shape index (κ1) is 27.5. The van der Waals surface area contributed by atoms with E-state index >= 15 is 0 Å². The summed E-state index contributed by atoms with van der Waals surface area (Å²) >= 11 is 7.35. The van der Waals surface area contributed by atoms with Gasteiger partial charge >= 0.3 is 0 Å². The molecule has 3 heterocycles. The van der Waals surface area contributed by atoms with E-state index < -0.39 is 27.9 Å². The Labute approximate surface area is 236 Å². The summed E-state index contributed by atoms with van der Waals surface area (Å²) in [7, 11) is -2.46. The molecule has 2 aromatic carbocycles. The fourth-order valence-corrected chi connectivity index (χ4v) is 7.76. The summed E-state index contributed by atoms with van der Waals surface area (Å²) in [5.74, 6) is -0.120. The molecular weight excluding hydrogens is 560 g/mol. The van der Waals surface area contributed by atoms with Crippen molar-refractivity contribution in [3.63, 3.8) is 0 Å². The van der Waals surface area contributed by atoms with Crippen molar-refractivity contribution in [1.29, 1.82) is 5.41 Å². The number of fused-ring (bicyclic) bond motifs is 1. The van der Waals surface area contributed by atoms with Gasteiger partial charge in [0.25, 0.3) is 5.91 Å². The fraction of sp³-hybridized carbons (Fsp3) is 0.385. The average molecular weight is 589 g/mol. The second-order valence-corrected chi connectivity index (χ2v) is 13.2. The van der Waals surface area contributed by atoms with Crippen molar-refractivity contribution < 1.29 is 18.0 Å². The number of rotatable bonds is 5. The number of sulfonamides is 1. The van der Waals surface area contributed by atoms with E-state index in [0.29, 0.717) is 17.4 Å². The van der Waals surface area contributed by atoms with Crippen LogP contribution in [0.4, 0.5) is 0 Å². The van der Waals surface area contributed by atoms with Crippen LogP contribution in [0.2, 0.25) is 5.02 Å². The van der Waals surface area contributed by atoms with Gasteiger partial charge in [0.2, 0.25) is 15.9 Å². The van der Waals surface area contributed by atoms with Gasteiger partial charge in [-0.05, 0) is 48.4 Å². The molecule has 3 aromatic rings. The number of hydrogen-bond donors (Lipinski definition) is 2. The number of thiazole rings is 1. The summed E-state index contributed by atoms with van der Waals surface area (Å²) in [6, 6.07) is 9.06. The molecule has 2 amide bonds. The summed E-state index contributed by atoms with van der Waals surface area (Å²) in [4.78, 5) is 35.2. The highest BCUT2D eigenvalue weighted by molar-refractivity contribution is 7.89. The number of carbonyl (C=O) groups is 2. The van der Waals surface area contributed by atoms with E-state index in [2.05, 4.69) is 10.3 Å². The van der Waals surface area contributed by atoms with Crippen molar-refractivity contribution in [2.45, 2.75) is 30.2 Å². The quantitative estimate of drug-likeness (QED) is 0.348. The van der Waals surface area contributed by atoms with Crippen molar-refractivity contribution in [2.75, 3.05) is 39.8 Å². The number of likely N-dealkylation sites (tertiary alicyclic amines) is 1. The van der Waals surface area contributed by atoms with Crippen LogP contribution in [0, 0.1) is 5.41 Å². The molecule has 2 unspecified atom stereocenters. The van der Waals surface area contributed by atoms with Gasteiger partial charge in [-0.2, -0.15) is 4.31 Å². The van der Waals surface area contributed by atoms with E-state index in [1.807, 2.05) is 4.90 Å². The van der Waals surface area contributed by atoms with E-state index in [1.54, 1.807) is 43.5 Å². The van der Waals surface area contributed by atoms with Crippen LogP contribution in [0.3, 0.4) is 0 Å². The third-order valence-electron chi connectivity index (χ3n) is 7.34. The third kappa shape index (κ3) is 5.38. The molecule has 2 N–H and O–H groups in total. The number of piperazine rings is 1. The lowest BCUT2D eigenvalue weighted by molar-refractivity contribution is -0.126. The maximum atomic E-state index is 13.6. The van der Waals surface area contributed by atoms with Crippen LogP contribution >= 0.6 is 22.9 Å². The van der Waals surface area contributed by atoms with Gasteiger partial charge in [-0.25, -0.2) is 13.4 Å². The highest BCUT2D eigenvalue weighted by atomic mass is 35.5. The van der Waals surface area contributed by atoms with E-state index in [-0.39, 0.29) is 35.5 Å². The number of nitrogens with one attached hydrogen (secondary N) is 2. The zero-order valence-electron chi connectivity index (χ0n) is 21.6. The maximum Gasteiger partial charge on any atom is 0.283 e. The smallest absolute Gasteiger partial charge is 0.283 e. The molecule has 206 valence electrons. The fourth-order valence-electron chi connectivity index (χ4n) is 5.11. The van der Waals surface area contributed by atoms with Crippen molar-refractivity contribution in [2.24, 2.45) is 0 Å². The van der Waals surface area contributed by atoms with Gasteiger partial charge < -0.3 is 15.1 Å². The molecule has 2 saturated heterocycles. The van der Waals surface area contributed by atoms with Crippen LogP contribution in [0.15, 0.2) is 47.5 Å². The Morgan fingerprint density at radius 3 is 2.56 bits per heavy atom. The Kier molecular flexibility index (Phi) is 7.64. The summed E-state index contributed by atoms with van der Waals surface area (Å²) in [6.45, 7) is 3.21. The lowest BCUT2D eigenvalue weighted by atomic mass is 10.1. The largest absolute Gasteiger partial charge is 0.360 e. The first-order valence-corrected chi connectivity index (χ1v) is 15.2. The second kappa shape index (κ2) is 10.8. The van der Waals surface area contributed by atoms with Crippen LogP contribution in [-0.2, 0) is 14.8 Å². The predicted octanol–water partition coefficient (Wildman–Crippen LogP) is 3.00. The van der Waals surface area contributed by atoms with Gasteiger partial charge in [0.1, 0.15) is 6.04 Å². The molecule has 1 aromatic heterocycles. The predicted molar refractivity (Wildman–Crippen MR) is 151 cm³/mol. The number of benzene rings is 2. The maximum absolute atomic E-state index is 13.6. The summed E-state index contributed by atoms with van der Waals surface area (Å²) in [6.07, 6.45) is 2.58. The van der Waals surface area contributed by atoms with Crippen molar-refractivity contribution in [1.82, 2.24) is 24.4 Å². The van der Waals surface area contributed by atoms with Crippen LogP contribution in [-0.4, -0.2) is 91.0 Å². The van der Waals surface area contributed by atoms with E-state index in [4.69, 9.17) is 17.0 Å². The number of hydrogen-bond acceptors (Lipinski definition) is 7. The van der Waals surface area contributed by atoms with Crippen LogP contribution < -0.4 is 5.32 Å². The molecule has 13 heteroatoms. The molecule has 2 atom stereocenters. The minimum atomic E-state index is -3.92. The average Bonchev–Trinajstić information content (AvgIpc) is 3.62. The number of carbonyl (C=O) groups excluding carboxylic acids is 2. The Bertz CT molecular complexity index is 1560. The monoisotopic (exact) mass is 588 g/mol. The number of amides is 2. The zero-order valence-corrected chi connectivity index (χ0v) is 23.9. The summed E-state index contributed by atoms with van der Waals surface area (Å²) < 4.78 is 28.4. The van der Waals surface area contributed by atoms with Crippen LogP contribution in [0.1, 0.15) is 33.9 Å². The highest BCUT2D eigenvalue weighted by Crippen LogP contribution is 2.32. The molecule has 5 rings (SSSR count). The van der Waals surface area contributed by atoms with Gasteiger partial charge in [-0.1, -0.05) is 23.7 Å². The van der Waals surface area contributed by atoms with Crippen LogP contribution in [0.25, 0.3) is 10.8 Å². The SMILES string of the molecule is CNC(=O)C1CN(S(=O)(=O)c2ccc3cc(Cl)ccc3c2)CCN1C(=O)c1ncc(C2CCN(C(C)=N)C2)s1. The Balaban J connectivity index is 1.35.